The lowest BCUT2D eigenvalue weighted by Gasteiger charge is -2.41. The van der Waals surface area contributed by atoms with Crippen LogP contribution in [0.5, 0.6) is 5.75 Å². The zero-order valence-corrected chi connectivity index (χ0v) is 9.85. The van der Waals surface area contributed by atoms with Crippen molar-refractivity contribution in [3.05, 3.63) is 28.0 Å². The summed E-state index contributed by atoms with van der Waals surface area (Å²) in [5.41, 5.74) is 5.73. The normalized spacial score (nSPS) is 18.6. The van der Waals surface area contributed by atoms with Crippen LogP contribution in [0.4, 0.5) is 4.39 Å². The molecule has 0 spiro atoms. The smallest absolute Gasteiger partial charge is 0.144 e. The van der Waals surface area contributed by atoms with Gasteiger partial charge < -0.3 is 10.8 Å². The molecule has 0 unspecified atom stereocenters. The number of rotatable bonds is 2. The molecule has 0 aliphatic heterocycles. The molecule has 2 rings (SSSR count). The van der Waals surface area contributed by atoms with Gasteiger partial charge in [-0.3, -0.25) is 0 Å². The lowest BCUT2D eigenvalue weighted by atomic mass is 9.64. The highest BCUT2D eigenvalue weighted by Gasteiger charge is 2.41. The van der Waals surface area contributed by atoms with E-state index in [2.05, 4.69) is 15.9 Å². The van der Waals surface area contributed by atoms with Crippen molar-refractivity contribution in [1.82, 2.24) is 0 Å². The third-order valence-electron chi connectivity index (χ3n) is 3.30. The fraction of sp³-hybridized carbons (Fsp3) is 0.455. The molecule has 1 aliphatic rings. The maximum absolute atomic E-state index is 13.9. The Balaban J connectivity index is 2.55. The fourth-order valence-electron chi connectivity index (χ4n) is 2.20. The average molecular weight is 274 g/mol. The molecule has 2 nitrogen and oxygen atoms in total. The summed E-state index contributed by atoms with van der Waals surface area (Å²) in [6.07, 6.45) is 2.75. The summed E-state index contributed by atoms with van der Waals surface area (Å²) in [7, 11) is 0. The van der Waals surface area contributed by atoms with E-state index in [9.17, 15) is 9.50 Å². The van der Waals surface area contributed by atoms with Gasteiger partial charge >= 0.3 is 0 Å². The summed E-state index contributed by atoms with van der Waals surface area (Å²) in [5, 5.41) is 9.73. The number of nitrogens with two attached hydrogens (primary N) is 1. The van der Waals surface area contributed by atoms with Crippen molar-refractivity contribution in [2.75, 3.05) is 6.54 Å². The molecule has 0 bridgehead atoms. The van der Waals surface area contributed by atoms with Crippen molar-refractivity contribution in [2.45, 2.75) is 24.7 Å². The first-order valence-electron chi connectivity index (χ1n) is 4.98. The molecule has 0 saturated heterocycles. The van der Waals surface area contributed by atoms with Crippen molar-refractivity contribution in [3.8, 4) is 5.75 Å². The molecule has 82 valence electrons. The highest BCUT2D eigenvalue weighted by atomic mass is 79.9. The number of phenols is 1. The van der Waals surface area contributed by atoms with Crippen LogP contribution in [0.1, 0.15) is 24.8 Å². The van der Waals surface area contributed by atoms with E-state index < -0.39 is 0 Å². The van der Waals surface area contributed by atoms with E-state index in [0.717, 1.165) is 19.3 Å². The van der Waals surface area contributed by atoms with Gasteiger partial charge in [0.25, 0.3) is 0 Å². The third-order valence-corrected chi connectivity index (χ3v) is 3.92. The Bertz CT molecular complexity index is 385. The Morgan fingerprint density at radius 2 is 2.13 bits per heavy atom. The first kappa shape index (κ1) is 10.9. The van der Waals surface area contributed by atoms with Crippen molar-refractivity contribution in [2.24, 2.45) is 5.73 Å². The number of aromatic hydroxyl groups is 1. The van der Waals surface area contributed by atoms with E-state index in [1.165, 1.54) is 12.1 Å². The number of benzene rings is 1. The van der Waals surface area contributed by atoms with Crippen LogP contribution in [0.15, 0.2) is 16.6 Å². The van der Waals surface area contributed by atoms with Gasteiger partial charge in [0.05, 0.1) is 4.47 Å². The second-order valence-corrected chi connectivity index (χ2v) is 4.95. The van der Waals surface area contributed by atoms with Gasteiger partial charge in [0.15, 0.2) is 0 Å². The van der Waals surface area contributed by atoms with Crippen LogP contribution >= 0.6 is 15.9 Å². The number of phenolic OH excluding ortho intramolecular Hbond substituents is 1. The summed E-state index contributed by atoms with van der Waals surface area (Å²) >= 11 is 3.13. The monoisotopic (exact) mass is 273 g/mol. The van der Waals surface area contributed by atoms with E-state index in [-0.39, 0.29) is 17.0 Å². The highest BCUT2D eigenvalue weighted by molar-refractivity contribution is 9.10. The second-order valence-electron chi connectivity index (χ2n) is 4.09. The van der Waals surface area contributed by atoms with Crippen molar-refractivity contribution < 1.29 is 9.50 Å². The van der Waals surface area contributed by atoms with Crippen LogP contribution in [-0.4, -0.2) is 11.7 Å². The summed E-state index contributed by atoms with van der Waals surface area (Å²) in [4.78, 5) is 0. The molecule has 1 saturated carbocycles. The van der Waals surface area contributed by atoms with Crippen LogP contribution in [0.25, 0.3) is 0 Å². The molecule has 0 radical (unpaired) electrons. The minimum absolute atomic E-state index is 0.0147. The molecular formula is C11H13BrFNO. The number of halogens is 2. The lowest BCUT2D eigenvalue weighted by Crippen LogP contribution is -2.42. The molecule has 4 heteroatoms. The second kappa shape index (κ2) is 3.76. The van der Waals surface area contributed by atoms with Crippen LogP contribution < -0.4 is 5.73 Å². The molecule has 0 heterocycles. The molecule has 0 atom stereocenters. The predicted molar refractivity (Wildman–Crippen MR) is 60.3 cm³/mol. The molecule has 0 amide bonds. The van der Waals surface area contributed by atoms with E-state index in [1.54, 1.807) is 0 Å². The average Bonchev–Trinajstić information content (AvgIpc) is 2.16. The Labute approximate surface area is 96.4 Å². The maximum atomic E-state index is 13.9. The Morgan fingerprint density at radius 3 is 2.60 bits per heavy atom. The minimum atomic E-state index is -0.375. The zero-order valence-electron chi connectivity index (χ0n) is 8.26. The number of hydrogen-bond acceptors (Lipinski definition) is 2. The first-order chi connectivity index (χ1) is 7.10. The minimum Gasteiger partial charge on any atom is -0.508 e. The van der Waals surface area contributed by atoms with Crippen molar-refractivity contribution in [1.29, 1.82) is 0 Å². The van der Waals surface area contributed by atoms with Crippen LogP contribution in [0, 0.1) is 5.82 Å². The fourth-order valence-corrected chi connectivity index (χ4v) is 2.54. The van der Waals surface area contributed by atoms with E-state index in [0.29, 0.717) is 16.6 Å². The standard InChI is InChI=1S/C11H13BrFNO/c12-7-2-3-8(15)9(10(7)13)11(6-14)4-1-5-11/h2-3,15H,1,4-6,14H2. The maximum Gasteiger partial charge on any atom is 0.144 e. The first-order valence-corrected chi connectivity index (χ1v) is 5.77. The number of hydrogen-bond donors (Lipinski definition) is 2. The molecule has 1 aromatic rings. The summed E-state index contributed by atoms with van der Waals surface area (Å²) in [6.45, 7) is 0.383. The van der Waals surface area contributed by atoms with Gasteiger partial charge in [-0.2, -0.15) is 0 Å². The Morgan fingerprint density at radius 1 is 1.47 bits per heavy atom. The van der Waals surface area contributed by atoms with E-state index >= 15 is 0 Å². The third kappa shape index (κ3) is 1.56. The summed E-state index contributed by atoms with van der Waals surface area (Å²) in [5.74, 6) is -0.360. The zero-order chi connectivity index (χ0) is 11.1. The summed E-state index contributed by atoms with van der Waals surface area (Å²) < 4.78 is 14.3. The molecular weight excluding hydrogens is 261 g/mol. The molecule has 1 aliphatic carbocycles. The SMILES string of the molecule is NCC1(c2c(O)ccc(Br)c2F)CCC1. The Hall–Kier alpha value is -0.610. The van der Waals surface area contributed by atoms with Crippen molar-refractivity contribution >= 4 is 15.9 Å². The Kier molecular flexibility index (Phi) is 2.73. The van der Waals surface area contributed by atoms with E-state index in [1.807, 2.05) is 0 Å². The highest BCUT2D eigenvalue weighted by Crippen LogP contribution is 2.48. The van der Waals surface area contributed by atoms with Gasteiger partial charge in [-0.15, -0.1) is 0 Å². The van der Waals surface area contributed by atoms with Gasteiger partial charge in [0.1, 0.15) is 11.6 Å². The molecule has 15 heavy (non-hydrogen) atoms. The van der Waals surface area contributed by atoms with Gasteiger partial charge in [-0.05, 0) is 40.9 Å². The van der Waals surface area contributed by atoms with Crippen LogP contribution in [-0.2, 0) is 5.41 Å². The largest absolute Gasteiger partial charge is 0.508 e. The lowest BCUT2D eigenvalue weighted by molar-refractivity contribution is 0.236. The molecule has 1 fully saturated rings. The van der Waals surface area contributed by atoms with Gasteiger partial charge in [-0.1, -0.05) is 6.42 Å². The molecule has 3 N–H and O–H groups in total. The summed E-state index contributed by atoms with van der Waals surface area (Å²) in [6, 6.07) is 3.02. The topological polar surface area (TPSA) is 46.2 Å². The van der Waals surface area contributed by atoms with Gasteiger partial charge in [0, 0.05) is 17.5 Å². The van der Waals surface area contributed by atoms with Crippen LogP contribution in [0.3, 0.4) is 0 Å². The van der Waals surface area contributed by atoms with Crippen LogP contribution in [0.2, 0.25) is 0 Å². The van der Waals surface area contributed by atoms with E-state index in [4.69, 9.17) is 5.73 Å². The quantitative estimate of drug-likeness (QED) is 0.871. The van der Waals surface area contributed by atoms with Gasteiger partial charge in [0.2, 0.25) is 0 Å². The molecule has 1 aromatic carbocycles. The van der Waals surface area contributed by atoms with Gasteiger partial charge in [-0.25, -0.2) is 4.39 Å². The van der Waals surface area contributed by atoms with Crippen molar-refractivity contribution in [3.63, 3.8) is 0 Å². The predicted octanol–water partition coefficient (Wildman–Crippen LogP) is 2.67. The molecule has 0 aromatic heterocycles.